The largest absolute Gasteiger partial charge is 0.273 e. The SMILES string of the molecule is CCCCC(CC)Cc1ccnn1C. The Morgan fingerprint density at radius 3 is 2.71 bits per heavy atom. The van der Waals surface area contributed by atoms with Gasteiger partial charge in [0.2, 0.25) is 0 Å². The molecule has 0 N–H and O–H groups in total. The Balaban J connectivity index is 2.44. The summed E-state index contributed by atoms with van der Waals surface area (Å²) in [6.07, 6.45) is 8.39. The lowest BCUT2D eigenvalue weighted by Gasteiger charge is -2.14. The van der Waals surface area contributed by atoms with Crippen LogP contribution in [0, 0.1) is 5.92 Å². The average molecular weight is 194 g/mol. The highest BCUT2D eigenvalue weighted by Crippen LogP contribution is 2.17. The van der Waals surface area contributed by atoms with Gasteiger partial charge in [-0.25, -0.2) is 0 Å². The summed E-state index contributed by atoms with van der Waals surface area (Å²) in [5.74, 6) is 0.838. The maximum Gasteiger partial charge on any atom is 0.0492 e. The van der Waals surface area contributed by atoms with Gasteiger partial charge in [-0.2, -0.15) is 5.10 Å². The molecule has 0 amide bonds. The van der Waals surface area contributed by atoms with Gasteiger partial charge < -0.3 is 0 Å². The van der Waals surface area contributed by atoms with Gasteiger partial charge in [-0.3, -0.25) is 4.68 Å². The molecule has 0 saturated carbocycles. The number of hydrogen-bond acceptors (Lipinski definition) is 1. The van der Waals surface area contributed by atoms with Crippen molar-refractivity contribution < 1.29 is 0 Å². The molecule has 1 atom stereocenters. The van der Waals surface area contributed by atoms with Crippen LogP contribution in [0.4, 0.5) is 0 Å². The Hall–Kier alpha value is -0.790. The van der Waals surface area contributed by atoms with Crippen molar-refractivity contribution in [3.63, 3.8) is 0 Å². The fraction of sp³-hybridized carbons (Fsp3) is 0.750. The Kier molecular flexibility index (Phi) is 4.71. The molecule has 1 aromatic rings. The van der Waals surface area contributed by atoms with Crippen LogP contribution in [0.5, 0.6) is 0 Å². The van der Waals surface area contributed by atoms with Crippen molar-refractivity contribution in [3.8, 4) is 0 Å². The Morgan fingerprint density at radius 2 is 2.21 bits per heavy atom. The Bertz CT molecular complexity index is 253. The van der Waals surface area contributed by atoms with Crippen LogP contribution in [0.1, 0.15) is 45.2 Å². The van der Waals surface area contributed by atoms with E-state index in [0.29, 0.717) is 0 Å². The summed E-state index contributed by atoms with van der Waals surface area (Å²) in [7, 11) is 2.03. The monoisotopic (exact) mass is 194 g/mol. The summed E-state index contributed by atoms with van der Waals surface area (Å²) < 4.78 is 1.99. The van der Waals surface area contributed by atoms with Gasteiger partial charge in [-0.1, -0.05) is 39.5 Å². The van der Waals surface area contributed by atoms with Gasteiger partial charge in [0.05, 0.1) is 0 Å². The van der Waals surface area contributed by atoms with E-state index >= 15 is 0 Å². The molecule has 0 bridgehead atoms. The lowest BCUT2D eigenvalue weighted by molar-refractivity contribution is 0.437. The van der Waals surface area contributed by atoms with Crippen molar-refractivity contribution in [1.29, 1.82) is 0 Å². The minimum Gasteiger partial charge on any atom is -0.273 e. The fourth-order valence-electron chi connectivity index (χ4n) is 1.84. The summed E-state index contributed by atoms with van der Waals surface area (Å²) in [5, 5.41) is 4.20. The normalized spacial score (nSPS) is 13.1. The molecule has 80 valence electrons. The summed E-state index contributed by atoms with van der Waals surface area (Å²) in [6, 6.07) is 2.13. The molecule has 2 nitrogen and oxygen atoms in total. The zero-order chi connectivity index (χ0) is 10.4. The van der Waals surface area contributed by atoms with Crippen LogP contribution in [0.3, 0.4) is 0 Å². The molecule has 1 aromatic heterocycles. The van der Waals surface area contributed by atoms with E-state index in [1.807, 2.05) is 17.9 Å². The Labute approximate surface area is 87.3 Å². The highest BCUT2D eigenvalue weighted by Gasteiger charge is 2.08. The van der Waals surface area contributed by atoms with E-state index in [4.69, 9.17) is 0 Å². The lowest BCUT2D eigenvalue weighted by atomic mass is 9.94. The molecule has 0 aromatic carbocycles. The lowest BCUT2D eigenvalue weighted by Crippen LogP contribution is -2.07. The molecule has 0 fully saturated rings. The summed E-state index contributed by atoms with van der Waals surface area (Å²) in [6.45, 7) is 4.55. The van der Waals surface area contributed by atoms with Gasteiger partial charge in [-0.05, 0) is 18.4 Å². The van der Waals surface area contributed by atoms with Crippen molar-refractivity contribution >= 4 is 0 Å². The molecule has 0 aliphatic carbocycles. The van der Waals surface area contributed by atoms with E-state index in [1.165, 1.54) is 37.8 Å². The van der Waals surface area contributed by atoms with E-state index in [9.17, 15) is 0 Å². The first kappa shape index (κ1) is 11.3. The van der Waals surface area contributed by atoms with Crippen LogP contribution in [0.25, 0.3) is 0 Å². The molecule has 1 unspecified atom stereocenters. The number of unbranched alkanes of at least 4 members (excludes halogenated alkanes) is 1. The van der Waals surface area contributed by atoms with E-state index in [1.54, 1.807) is 0 Å². The molecule has 0 spiro atoms. The van der Waals surface area contributed by atoms with E-state index in [2.05, 4.69) is 25.0 Å². The molecule has 1 heterocycles. The molecule has 1 rings (SSSR count). The first-order valence-corrected chi connectivity index (χ1v) is 5.74. The van der Waals surface area contributed by atoms with Gasteiger partial charge in [-0.15, -0.1) is 0 Å². The topological polar surface area (TPSA) is 17.8 Å². The second-order valence-corrected chi connectivity index (χ2v) is 4.07. The molecule has 0 saturated heterocycles. The van der Waals surface area contributed by atoms with Gasteiger partial charge in [0, 0.05) is 18.9 Å². The molecule has 0 radical (unpaired) electrons. The van der Waals surface area contributed by atoms with Crippen LogP contribution in [0.2, 0.25) is 0 Å². The summed E-state index contributed by atoms with van der Waals surface area (Å²) in [5.41, 5.74) is 1.37. The predicted octanol–water partition coefficient (Wildman–Crippen LogP) is 3.18. The number of rotatable bonds is 6. The standard InChI is InChI=1S/C12H22N2/c1-4-6-7-11(5-2)10-12-8-9-13-14(12)3/h8-9,11H,4-7,10H2,1-3H3. The van der Waals surface area contributed by atoms with Crippen molar-refractivity contribution in [2.24, 2.45) is 13.0 Å². The third kappa shape index (κ3) is 3.17. The number of nitrogens with zero attached hydrogens (tertiary/aromatic N) is 2. The van der Waals surface area contributed by atoms with Crippen molar-refractivity contribution in [3.05, 3.63) is 18.0 Å². The minimum atomic E-state index is 0.838. The maximum absolute atomic E-state index is 4.20. The maximum atomic E-state index is 4.20. The highest BCUT2D eigenvalue weighted by molar-refractivity contribution is 5.00. The second kappa shape index (κ2) is 5.84. The zero-order valence-electron chi connectivity index (χ0n) is 9.66. The van der Waals surface area contributed by atoms with Crippen LogP contribution in [-0.2, 0) is 13.5 Å². The Morgan fingerprint density at radius 1 is 1.43 bits per heavy atom. The van der Waals surface area contributed by atoms with Crippen LogP contribution in [-0.4, -0.2) is 9.78 Å². The fourth-order valence-corrected chi connectivity index (χ4v) is 1.84. The summed E-state index contributed by atoms with van der Waals surface area (Å²) in [4.78, 5) is 0. The second-order valence-electron chi connectivity index (χ2n) is 4.07. The molecule has 2 heteroatoms. The first-order valence-electron chi connectivity index (χ1n) is 5.74. The van der Waals surface area contributed by atoms with Gasteiger partial charge in [0.25, 0.3) is 0 Å². The number of aryl methyl sites for hydroxylation is 1. The van der Waals surface area contributed by atoms with Crippen LogP contribution >= 0.6 is 0 Å². The molecule has 14 heavy (non-hydrogen) atoms. The molecule has 0 aliphatic heterocycles. The number of hydrogen-bond donors (Lipinski definition) is 0. The zero-order valence-corrected chi connectivity index (χ0v) is 9.66. The minimum absolute atomic E-state index is 0.838. The predicted molar refractivity (Wildman–Crippen MR) is 60.2 cm³/mol. The van der Waals surface area contributed by atoms with Gasteiger partial charge in [0.1, 0.15) is 0 Å². The third-order valence-corrected chi connectivity index (χ3v) is 2.96. The van der Waals surface area contributed by atoms with Gasteiger partial charge >= 0.3 is 0 Å². The first-order chi connectivity index (χ1) is 6.77. The average Bonchev–Trinajstić information content (AvgIpc) is 2.59. The molecular weight excluding hydrogens is 172 g/mol. The van der Waals surface area contributed by atoms with Gasteiger partial charge in [0.15, 0.2) is 0 Å². The number of aromatic nitrogens is 2. The highest BCUT2D eigenvalue weighted by atomic mass is 15.2. The summed E-state index contributed by atoms with van der Waals surface area (Å²) >= 11 is 0. The molecule has 0 aliphatic rings. The van der Waals surface area contributed by atoms with Crippen LogP contribution < -0.4 is 0 Å². The quantitative estimate of drug-likeness (QED) is 0.680. The van der Waals surface area contributed by atoms with Crippen molar-refractivity contribution in [2.45, 2.75) is 46.0 Å². The van der Waals surface area contributed by atoms with E-state index < -0.39 is 0 Å². The van der Waals surface area contributed by atoms with Crippen LogP contribution in [0.15, 0.2) is 12.3 Å². The third-order valence-electron chi connectivity index (χ3n) is 2.96. The van der Waals surface area contributed by atoms with Crippen molar-refractivity contribution in [1.82, 2.24) is 9.78 Å². The van der Waals surface area contributed by atoms with Crippen molar-refractivity contribution in [2.75, 3.05) is 0 Å². The smallest absolute Gasteiger partial charge is 0.0492 e. The molecular formula is C12H22N2. The van der Waals surface area contributed by atoms with E-state index in [0.717, 1.165) is 5.92 Å². The van der Waals surface area contributed by atoms with E-state index in [-0.39, 0.29) is 0 Å².